The summed E-state index contributed by atoms with van der Waals surface area (Å²) in [5.41, 5.74) is 4.28. The Kier molecular flexibility index (Phi) is 6.15. The van der Waals surface area contributed by atoms with Gasteiger partial charge in [0.15, 0.2) is 5.82 Å². The SMILES string of the molecule is Cn1ncc2ccc(-c3nc(-c4ccccc4)n(COCC[Si](C)(C)C)c3-c3n[nH]c(=O)n3C3CC3)cc21. The fourth-order valence-corrected chi connectivity index (χ4v) is 5.54. The minimum Gasteiger partial charge on any atom is -0.361 e. The summed E-state index contributed by atoms with van der Waals surface area (Å²) in [6, 6.07) is 17.6. The molecule has 1 aliphatic carbocycles. The van der Waals surface area contributed by atoms with Gasteiger partial charge in [-0.2, -0.15) is 10.2 Å². The van der Waals surface area contributed by atoms with Crippen LogP contribution in [-0.2, 0) is 18.5 Å². The van der Waals surface area contributed by atoms with Crippen LogP contribution in [0.2, 0.25) is 25.7 Å². The molecule has 0 spiro atoms. The van der Waals surface area contributed by atoms with Gasteiger partial charge < -0.3 is 4.74 Å². The maximum atomic E-state index is 12.9. The van der Waals surface area contributed by atoms with Crippen molar-refractivity contribution in [1.29, 1.82) is 0 Å². The van der Waals surface area contributed by atoms with Crippen LogP contribution in [0.15, 0.2) is 59.5 Å². The highest BCUT2D eigenvalue weighted by Gasteiger charge is 2.33. The van der Waals surface area contributed by atoms with Gasteiger partial charge in [-0.1, -0.05) is 62.1 Å². The zero-order valence-corrected chi connectivity index (χ0v) is 23.3. The fourth-order valence-electron chi connectivity index (χ4n) is 4.78. The molecule has 3 heterocycles. The monoisotopic (exact) mass is 527 g/mol. The lowest BCUT2D eigenvalue weighted by Gasteiger charge is -2.17. The van der Waals surface area contributed by atoms with E-state index in [9.17, 15) is 4.79 Å². The summed E-state index contributed by atoms with van der Waals surface area (Å²) in [5.74, 6) is 1.38. The van der Waals surface area contributed by atoms with Gasteiger partial charge in [0.05, 0.1) is 11.7 Å². The highest BCUT2D eigenvalue weighted by molar-refractivity contribution is 6.76. The Morgan fingerprint density at radius 3 is 2.58 bits per heavy atom. The number of fused-ring (bicyclic) bond motifs is 1. The summed E-state index contributed by atoms with van der Waals surface area (Å²) in [6.45, 7) is 8.03. The second kappa shape index (κ2) is 9.52. The normalized spacial score (nSPS) is 14.0. The Labute approximate surface area is 222 Å². The largest absolute Gasteiger partial charge is 0.361 e. The van der Waals surface area contributed by atoms with E-state index in [1.807, 2.05) is 36.1 Å². The van der Waals surface area contributed by atoms with Crippen molar-refractivity contribution in [3.8, 4) is 34.2 Å². The van der Waals surface area contributed by atoms with Crippen LogP contribution in [0.25, 0.3) is 45.1 Å². The summed E-state index contributed by atoms with van der Waals surface area (Å²) in [7, 11) is 0.680. The number of rotatable bonds is 9. The van der Waals surface area contributed by atoms with Crippen LogP contribution in [0.5, 0.6) is 0 Å². The van der Waals surface area contributed by atoms with Crippen LogP contribution in [0, 0.1) is 0 Å². The number of aromatic nitrogens is 7. The third-order valence-corrected chi connectivity index (χ3v) is 8.77. The molecule has 0 radical (unpaired) electrons. The molecule has 1 aliphatic rings. The Balaban J connectivity index is 1.56. The van der Waals surface area contributed by atoms with Crippen LogP contribution < -0.4 is 5.69 Å². The third kappa shape index (κ3) is 4.65. The lowest BCUT2D eigenvalue weighted by atomic mass is 10.1. The van der Waals surface area contributed by atoms with E-state index in [1.165, 1.54) is 0 Å². The molecule has 0 aliphatic heterocycles. The van der Waals surface area contributed by atoms with Gasteiger partial charge in [0.25, 0.3) is 0 Å². The molecular formula is C28H33N7O2Si. The molecule has 196 valence electrons. The molecule has 0 saturated heterocycles. The summed E-state index contributed by atoms with van der Waals surface area (Å²) in [5, 5.41) is 12.7. The van der Waals surface area contributed by atoms with Crippen molar-refractivity contribution >= 4 is 19.0 Å². The van der Waals surface area contributed by atoms with Gasteiger partial charge in [-0.15, -0.1) is 0 Å². The van der Waals surface area contributed by atoms with E-state index < -0.39 is 8.07 Å². The number of nitrogens with one attached hydrogen (secondary N) is 1. The molecule has 10 heteroatoms. The quantitative estimate of drug-likeness (QED) is 0.207. The Bertz CT molecular complexity index is 1650. The first-order valence-corrected chi connectivity index (χ1v) is 16.8. The first kappa shape index (κ1) is 24.6. The molecule has 3 aromatic heterocycles. The average Bonchev–Trinajstić information content (AvgIpc) is 3.41. The van der Waals surface area contributed by atoms with Crippen molar-refractivity contribution in [2.75, 3.05) is 6.61 Å². The number of nitrogens with zero attached hydrogens (tertiary/aromatic N) is 6. The number of hydrogen-bond acceptors (Lipinski definition) is 5. The number of benzene rings is 2. The summed E-state index contributed by atoms with van der Waals surface area (Å²) in [6.07, 6.45) is 3.79. The predicted molar refractivity (Wildman–Crippen MR) is 152 cm³/mol. The molecule has 0 amide bonds. The van der Waals surface area contributed by atoms with E-state index in [1.54, 1.807) is 4.57 Å². The van der Waals surface area contributed by atoms with E-state index in [4.69, 9.17) is 9.72 Å². The molecular weight excluding hydrogens is 494 g/mol. The van der Waals surface area contributed by atoms with Gasteiger partial charge in [-0.05, 0) is 25.0 Å². The Morgan fingerprint density at radius 2 is 1.84 bits per heavy atom. The van der Waals surface area contributed by atoms with E-state index in [0.717, 1.165) is 58.1 Å². The molecule has 2 aromatic carbocycles. The van der Waals surface area contributed by atoms with Crippen LogP contribution in [-0.4, -0.2) is 48.8 Å². The van der Waals surface area contributed by atoms with Crippen LogP contribution >= 0.6 is 0 Å². The topological polar surface area (TPSA) is 95.6 Å². The van der Waals surface area contributed by atoms with Crippen molar-refractivity contribution in [2.24, 2.45) is 7.05 Å². The highest BCUT2D eigenvalue weighted by Crippen LogP contribution is 2.40. The van der Waals surface area contributed by atoms with Gasteiger partial charge in [-0.25, -0.2) is 14.9 Å². The van der Waals surface area contributed by atoms with Gasteiger partial charge in [0, 0.05) is 44.3 Å². The van der Waals surface area contributed by atoms with Crippen LogP contribution in [0.1, 0.15) is 18.9 Å². The molecule has 0 bridgehead atoms. The smallest absolute Gasteiger partial charge is 0.343 e. The maximum Gasteiger partial charge on any atom is 0.343 e. The van der Waals surface area contributed by atoms with Gasteiger partial charge in [-0.3, -0.25) is 13.8 Å². The molecule has 6 rings (SSSR count). The van der Waals surface area contributed by atoms with Crippen LogP contribution in [0.4, 0.5) is 0 Å². The second-order valence-corrected chi connectivity index (χ2v) is 16.9. The Hall–Kier alpha value is -3.76. The number of imidazole rings is 1. The van der Waals surface area contributed by atoms with Crippen molar-refractivity contribution in [3.05, 3.63) is 65.2 Å². The molecule has 38 heavy (non-hydrogen) atoms. The lowest BCUT2D eigenvalue weighted by molar-refractivity contribution is 0.0892. The molecule has 9 nitrogen and oxygen atoms in total. The zero-order chi connectivity index (χ0) is 26.4. The van der Waals surface area contributed by atoms with E-state index >= 15 is 0 Å². The number of aromatic amines is 1. The molecule has 5 aromatic rings. The third-order valence-electron chi connectivity index (χ3n) is 7.07. The fraction of sp³-hybridized carbons (Fsp3) is 0.357. The molecule has 0 unspecified atom stereocenters. The highest BCUT2D eigenvalue weighted by atomic mass is 28.3. The predicted octanol–water partition coefficient (Wildman–Crippen LogP) is 5.30. The van der Waals surface area contributed by atoms with Crippen molar-refractivity contribution in [2.45, 2.75) is 51.3 Å². The number of hydrogen-bond donors (Lipinski definition) is 1. The summed E-state index contributed by atoms with van der Waals surface area (Å²) < 4.78 is 12.0. The molecule has 1 fully saturated rings. The second-order valence-electron chi connectivity index (χ2n) is 11.3. The van der Waals surface area contributed by atoms with Gasteiger partial charge in [0.2, 0.25) is 0 Å². The summed E-state index contributed by atoms with van der Waals surface area (Å²) >= 11 is 0. The zero-order valence-electron chi connectivity index (χ0n) is 22.3. The van der Waals surface area contributed by atoms with Crippen molar-refractivity contribution in [3.63, 3.8) is 0 Å². The van der Waals surface area contributed by atoms with Crippen molar-refractivity contribution < 1.29 is 4.74 Å². The number of aryl methyl sites for hydroxylation is 1. The van der Waals surface area contributed by atoms with E-state index in [2.05, 4.69) is 69.8 Å². The number of H-pyrrole nitrogens is 1. The first-order chi connectivity index (χ1) is 18.3. The Morgan fingerprint density at radius 1 is 1.05 bits per heavy atom. The molecule has 0 atom stereocenters. The minimum absolute atomic E-state index is 0.153. The lowest BCUT2D eigenvalue weighted by Crippen LogP contribution is -2.22. The van der Waals surface area contributed by atoms with E-state index in [0.29, 0.717) is 19.2 Å². The standard InChI is InChI=1S/C28H33N7O2Si/c1-33-23-16-20(10-11-21(23)17-29-33)24-25(27-31-32-28(36)35(27)22-12-13-22)34(18-37-14-15-38(2,3)4)26(30-24)19-8-6-5-7-9-19/h5-11,16-17,22H,12-15,18H2,1-4H3,(H,32,36). The van der Waals surface area contributed by atoms with Gasteiger partial charge in [0.1, 0.15) is 23.9 Å². The van der Waals surface area contributed by atoms with Gasteiger partial charge >= 0.3 is 5.69 Å². The minimum atomic E-state index is -1.26. The molecule has 1 N–H and O–H groups in total. The summed E-state index contributed by atoms with van der Waals surface area (Å²) in [4.78, 5) is 18.1. The molecule has 1 saturated carbocycles. The number of ether oxygens (including phenoxy) is 1. The van der Waals surface area contributed by atoms with Crippen molar-refractivity contribution in [1.82, 2.24) is 34.1 Å². The van der Waals surface area contributed by atoms with Crippen LogP contribution in [0.3, 0.4) is 0 Å². The first-order valence-electron chi connectivity index (χ1n) is 13.1. The van der Waals surface area contributed by atoms with E-state index in [-0.39, 0.29) is 11.7 Å². The maximum absolute atomic E-state index is 12.9. The average molecular weight is 528 g/mol.